The molecule has 2 rings (SSSR count). The highest BCUT2D eigenvalue weighted by atomic mass is 16.2. The van der Waals surface area contributed by atoms with Gasteiger partial charge in [-0.2, -0.15) is 0 Å². The number of carbonyl (C=O) groups excluding carboxylic acids is 1. The first kappa shape index (κ1) is 14.4. The molecule has 0 saturated heterocycles. The fraction of sp³-hybridized carbons (Fsp3) is 0.706. The van der Waals surface area contributed by atoms with Gasteiger partial charge < -0.3 is 4.90 Å². The highest BCUT2D eigenvalue weighted by Crippen LogP contribution is 2.31. The summed E-state index contributed by atoms with van der Waals surface area (Å²) < 4.78 is 0. The van der Waals surface area contributed by atoms with E-state index in [2.05, 4.69) is 43.1 Å². The van der Waals surface area contributed by atoms with Crippen LogP contribution in [0.4, 0.5) is 0 Å². The van der Waals surface area contributed by atoms with Crippen molar-refractivity contribution < 1.29 is 4.79 Å². The smallest absolute Gasteiger partial charge is 0.225 e. The molecule has 0 bridgehead atoms. The van der Waals surface area contributed by atoms with Gasteiger partial charge in [0.1, 0.15) is 0 Å². The zero-order chi connectivity index (χ0) is 13.7. The molecule has 2 aliphatic rings. The van der Waals surface area contributed by atoms with Crippen LogP contribution in [0.2, 0.25) is 0 Å². The lowest BCUT2D eigenvalue weighted by Gasteiger charge is -2.23. The zero-order valence-electron chi connectivity index (χ0n) is 12.3. The van der Waals surface area contributed by atoms with Gasteiger partial charge in [0.15, 0.2) is 0 Å². The molecule has 2 nitrogen and oxygen atoms in total. The molecule has 106 valence electrons. The first-order valence-corrected chi connectivity index (χ1v) is 7.77. The van der Waals surface area contributed by atoms with Crippen molar-refractivity contribution in [2.24, 2.45) is 17.8 Å². The van der Waals surface area contributed by atoms with Gasteiger partial charge in [-0.15, -0.1) is 0 Å². The number of allylic oxidation sites excluding steroid dienone is 3. The van der Waals surface area contributed by atoms with Crippen molar-refractivity contribution >= 4 is 5.91 Å². The van der Waals surface area contributed by atoms with E-state index in [1.165, 1.54) is 12.8 Å². The topological polar surface area (TPSA) is 20.3 Å². The Kier molecular flexibility index (Phi) is 5.24. The molecular weight excluding hydrogens is 234 g/mol. The summed E-state index contributed by atoms with van der Waals surface area (Å²) in [5.74, 6) is 1.95. The number of nitrogens with zero attached hydrogens (tertiary/aromatic N) is 1. The van der Waals surface area contributed by atoms with Gasteiger partial charge in [0, 0.05) is 19.0 Å². The van der Waals surface area contributed by atoms with E-state index in [1.54, 1.807) is 0 Å². The Morgan fingerprint density at radius 3 is 2.68 bits per heavy atom. The summed E-state index contributed by atoms with van der Waals surface area (Å²) in [7, 11) is 0. The predicted octanol–water partition coefficient (Wildman–Crippen LogP) is 3.79. The van der Waals surface area contributed by atoms with Crippen LogP contribution in [-0.2, 0) is 4.79 Å². The van der Waals surface area contributed by atoms with E-state index >= 15 is 0 Å². The maximum Gasteiger partial charge on any atom is 0.225 e. The van der Waals surface area contributed by atoms with Gasteiger partial charge in [0.25, 0.3) is 0 Å². The predicted molar refractivity (Wildman–Crippen MR) is 79.8 cm³/mol. The maximum atomic E-state index is 12.2. The lowest BCUT2D eigenvalue weighted by atomic mass is 9.94. The van der Waals surface area contributed by atoms with Gasteiger partial charge in [0.2, 0.25) is 5.91 Å². The molecule has 1 atom stereocenters. The van der Waals surface area contributed by atoms with Crippen LogP contribution in [0.5, 0.6) is 0 Å². The van der Waals surface area contributed by atoms with E-state index in [-0.39, 0.29) is 0 Å². The maximum absolute atomic E-state index is 12.2. The highest BCUT2D eigenvalue weighted by molar-refractivity contribution is 5.81. The third-order valence-corrected chi connectivity index (χ3v) is 3.87. The van der Waals surface area contributed by atoms with E-state index in [1.807, 2.05) is 0 Å². The van der Waals surface area contributed by atoms with Crippen molar-refractivity contribution in [1.82, 2.24) is 4.90 Å². The first-order valence-electron chi connectivity index (χ1n) is 7.77. The van der Waals surface area contributed by atoms with Gasteiger partial charge in [0.05, 0.1) is 0 Å². The fourth-order valence-corrected chi connectivity index (χ4v) is 2.66. The molecule has 2 aliphatic carbocycles. The Hall–Kier alpha value is -1.05. The molecule has 0 aromatic rings. The second-order valence-corrected chi connectivity index (χ2v) is 6.38. The second-order valence-electron chi connectivity index (χ2n) is 6.38. The second kappa shape index (κ2) is 6.93. The molecule has 0 radical (unpaired) electrons. The van der Waals surface area contributed by atoms with Crippen LogP contribution in [0.25, 0.3) is 0 Å². The minimum Gasteiger partial charge on any atom is -0.338 e. The standard InChI is InChI=1S/C17H27NO/c1-14(2)13-18(17(19)16-10-11-16)12-6-9-15-7-4-3-5-8-15/h3-4,6,9,14-16H,5,7-8,10-13H2,1-2H3/b9-6-. The summed E-state index contributed by atoms with van der Waals surface area (Å²) >= 11 is 0. The van der Waals surface area contributed by atoms with Crippen molar-refractivity contribution in [3.63, 3.8) is 0 Å². The van der Waals surface area contributed by atoms with Crippen molar-refractivity contribution in [3.05, 3.63) is 24.3 Å². The molecule has 0 aromatic carbocycles. The number of rotatable bonds is 6. The average Bonchev–Trinajstić information content (AvgIpc) is 3.22. The van der Waals surface area contributed by atoms with E-state index in [4.69, 9.17) is 0 Å². The Morgan fingerprint density at radius 2 is 2.11 bits per heavy atom. The minimum absolute atomic E-state index is 0.338. The zero-order valence-corrected chi connectivity index (χ0v) is 12.3. The molecule has 0 aliphatic heterocycles. The number of hydrogen-bond acceptors (Lipinski definition) is 1. The van der Waals surface area contributed by atoms with Gasteiger partial charge in [-0.05, 0) is 43.9 Å². The Morgan fingerprint density at radius 1 is 1.32 bits per heavy atom. The molecular formula is C17H27NO. The number of amides is 1. The third-order valence-electron chi connectivity index (χ3n) is 3.87. The fourth-order valence-electron chi connectivity index (χ4n) is 2.66. The largest absolute Gasteiger partial charge is 0.338 e. The average molecular weight is 261 g/mol. The van der Waals surface area contributed by atoms with Crippen LogP contribution in [-0.4, -0.2) is 23.9 Å². The molecule has 1 amide bonds. The van der Waals surface area contributed by atoms with E-state index in [0.29, 0.717) is 23.7 Å². The number of carbonyl (C=O) groups is 1. The van der Waals surface area contributed by atoms with Gasteiger partial charge in [-0.3, -0.25) is 4.79 Å². The first-order chi connectivity index (χ1) is 9.16. The molecule has 1 fully saturated rings. The van der Waals surface area contributed by atoms with Crippen LogP contribution in [0, 0.1) is 17.8 Å². The van der Waals surface area contributed by atoms with Crippen molar-refractivity contribution in [2.75, 3.05) is 13.1 Å². The van der Waals surface area contributed by atoms with Crippen LogP contribution >= 0.6 is 0 Å². The molecule has 0 N–H and O–H groups in total. The summed E-state index contributed by atoms with van der Waals surface area (Å²) in [6.07, 6.45) is 14.9. The lowest BCUT2D eigenvalue weighted by Crippen LogP contribution is -2.35. The SMILES string of the molecule is CC(C)CN(C/C=C\C1CC=CCC1)C(=O)C1CC1. The van der Waals surface area contributed by atoms with Gasteiger partial charge in [-0.1, -0.05) is 38.2 Å². The van der Waals surface area contributed by atoms with Crippen molar-refractivity contribution in [1.29, 1.82) is 0 Å². The summed E-state index contributed by atoms with van der Waals surface area (Å²) in [4.78, 5) is 14.3. The van der Waals surface area contributed by atoms with E-state index < -0.39 is 0 Å². The molecule has 1 unspecified atom stereocenters. The molecule has 1 saturated carbocycles. The van der Waals surface area contributed by atoms with Crippen LogP contribution < -0.4 is 0 Å². The molecule has 0 aromatic heterocycles. The monoisotopic (exact) mass is 261 g/mol. The lowest BCUT2D eigenvalue weighted by molar-refractivity contribution is -0.132. The van der Waals surface area contributed by atoms with E-state index in [9.17, 15) is 4.79 Å². The normalized spacial score (nSPS) is 23.2. The summed E-state index contributed by atoms with van der Waals surface area (Å²) in [5.41, 5.74) is 0. The van der Waals surface area contributed by atoms with E-state index in [0.717, 1.165) is 32.4 Å². The highest BCUT2D eigenvalue weighted by Gasteiger charge is 2.33. The summed E-state index contributed by atoms with van der Waals surface area (Å²) in [6, 6.07) is 0. The quantitative estimate of drug-likeness (QED) is 0.666. The Labute approximate surface area is 117 Å². The number of hydrogen-bond donors (Lipinski definition) is 0. The Balaban J connectivity index is 1.82. The van der Waals surface area contributed by atoms with Gasteiger partial charge in [-0.25, -0.2) is 0 Å². The van der Waals surface area contributed by atoms with Crippen LogP contribution in [0.15, 0.2) is 24.3 Å². The Bertz CT molecular complexity index is 352. The van der Waals surface area contributed by atoms with Crippen LogP contribution in [0.3, 0.4) is 0 Å². The minimum atomic E-state index is 0.338. The van der Waals surface area contributed by atoms with Crippen molar-refractivity contribution in [3.8, 4) is 0 Å². The molecule has 0 heterocycles. The van der Waals surface area contributed by atoms with Crippen molar-refractivity contribution in [2.45, 2.75) is 46.0 Å². The summed E-state index contributed by atoms with van der Waals surface area (Å²) in [6.45, 7) is 6.06. The molecule has 19 heavy (non-hydrogen) atoms. The van der Waals surface area contributed by atoms with Gasteiger partial charge >= 0.3 is 0 Å². The van der Waals surface area contributed by atoms with Crippen LogP contribution in [0.1, 0.15) is 46.0 Å². The molecule has 2 heteroatoms. The molecule has 0 spiro atoms. The third kappa shape index (κ3) is 4.85. The summed E-state index contributed by atoms with van der Waals surface area (Å²) in [5, 5.41) is 0.